The highest BCUT2D eigenvalue weighted by Gasteiger charge is 2.62. The van der Waals surface area contributed by atoms with E-state index in [1.165, 1.54) is 18.2 Å². The van der Waals surface area contributed by atoms with Crippen LogP contribution in [0.3, 0.4) is 0 Å². The van der Waals surface area contributed by atoms with Gasteiger partial charge in [0.2, 0.25) is 11.8 Å². The van der Waals surface area contributed by atoms with E-state index < -0.39 is 16.8 Å². The average Bonchev–Trinajstić information content (AvgIpc) is 3.37. The van der Waals surface area contributed by atoms with E-state index in [0.717, 1.165) is 21.6 Å². The molecule has 0 radical (unpaired) electrons. The van der Waals surface area contributed by atoms with Crippen LogP contribution in [0.1, 0.15) is 12.5 Å². The highest BCUT2D eigenvalue weighted by Crippen LogP contribution is 2.58. The van der Waals surface area contributed by atoms with Crippen LogP contribution in [-0.2, 0) is 9.59 Å². The van der Waals surface area contributed by atoms with E-state index in [2.05, 4.69) is 0 Å². The van der Waals surface area contributed by atoms with Gasteiger partial charge in [0.25, 0.3) is 5.69 Å². The number of benzene rings is 2. The summed E-state index contributed by atoms with van der Waals surface area (Å²) in [4.78, 5) is 38.2. The second-order valence-corrected chi connectivity index (χ2v) is 7.72. The number of amides is 2. The molecule has 1 saturated heterocycles. The molecule has 1 heterocycles. The minimum atomic E-state index is -0.523. The number of hydrogen-bond donors (Lipinski definition) is 0. The first-order chi connectivity index (χ1) is 14.0. The summed E-state index contributed by atoms with van der Waals surface area (Å²) in [5.41, 5.74) is 3.49. The molecule has 1 saturated carbocycles. The maximum Gasteiger partial charge on any atom is 0.271 e. The molecule has 2 fully saturated rings. The number of hydrogen-bond acceptors (Lipinski definition) is 4. The molecule has 5 rings (SSSR count). The van der Waals surface area contributed by atoms with E-state index in [0.29, 0.717) is 0 Å². The van der Waals surface area contributed by atoms with Crippen molar-refractivity contribution in [2.75, 3.05) is 4.90 Å². The fourth-order valence-corrected chi connectivity index (χ4v) is 5.12. The Morgan fingerprint density at radius 3 is 2.14 bits per heavy atom. The van der Waals surface area contributed by atoms with Gasteiger partial charge >= 0.3 is 0 Å². The molecule has 2 aromatic carbocycles. The van der Waals surface area contributed by atoms with E-state index >= 15 is 0 Å². The van der Waals surface area contributed by atoms with Crippen molar-refractivity contribution in [3.05, 3.63) is 88.0 Å². The Kier molecular flexibility index (Phi) is 3.77. The van der Waals surface area contributed by atoms with Crippen molar-refractivity contribution in [2.24, 2.45) is 23.7 Å². The first-order valence-electron chi connectivity index (χ1n) is 9.55. The first-order valence-corrected chi connectivity index (χ1v) is 9.55. The number of anilines is 1. The van der Waals surface area contributed by atoms with Gasteiger partial charge in [-0.05, 0) is 24.1 Å². The van der Waals surface area contributed by atoms with Crippen LogP contribution in [-0.4, -0.2) is 16.7 Å². The lowest BCUT2D eigenvalue weighted by atomic mass is 9.85. The SMILES string of the molecule is CC(=C1[C@H]2C=C[C@H]1[C@@H]1C(=O)N(c3cccc([N+](=O)[O-])c3)C(=O)[C@H]12)c1ccccc1. The Balaban J connectivity index is 1.54. The van der Waals surface area contributed by atoms with Gasteiger partial charge in [-0.1, -0.05) is 54.1 Å². The molecule has 2 aliphatic carbocycles. The van der Waals surface area contributed by atoms with Crippen LogP contribution in [0.25, 0.3) is 5.57 Å². The quantitative estimate of drug-likeness (QED) is 0.346. The number of allylic oxidation sites excluding steroid dienone is 4. The third-order valence-corrected chi connectivity index (χ3v) is 6.35. The Morgan fingerprint density at radius 2 is 1.55 bits per heavy atom. The standard InChI is InChI=1S/C23H18N2O4/c1-13(14-6-3-2-4-7-14)19-17-10-11-18(19)21-20(17)22(26)24(23(21)27)15-8-5-9-16(12-15)25(28)29/h2-12,17-18,20-21H,1H3/t17-,18-,20+,21+/m1/s1. The van der Waals surface area contributed by atoms with Crippen LogP contribution in [0.15, 0.2) is 72.3 Å². The van der Waals surface area contributed by atoms with Crippen molar-refractivity contribution in [1.82, 2.24) is 0 Å². The number of nitrogens with zero attached hydrogens (tertiary/aromatic N) is 2. The van der Waals surface area contributed by atoms with Crippen LogP contribution >= 0.6 is 0 Å². The van der Waals surface area contributed by atoms with E-state index in [9.17, 15) is 19.7 Å². The Bertz CT molecular complexity index is 1080. The summed E-state index contributed by atoms with van der Waals surface area (Å²) >= 11 is 0. The van der Waals surface area contributed by atoms with Gasteiger partial charge in [-0.2, -0.15) is 0 Å². The second-order valence-electron chi connectivity index (χ2n) is 7.72. The summed E-state index contributed by atoms with van der Waals surface area (Å²) in [5.74, 6) is -1.63. The lowest BCUT2D eigenvalue weighted by Crippen LogP contribution is -2.33. The zero-order valence-electron chi connectivity index (χ0n) is 15.7. The third-order valence-electron chi connectivity index (χ3n) is 6.35. The van der Waals surface area contributed by atoms with Crippen molar-refractivity contribution < 1.29 is 14.5 Å². The van der Waals surface area contributed by atoms with Crippen molar-refractivity contribution in [3.8, 4) is 0 Å². The lowest BCUT2D eigenvalue weighted by Gasteiger charge is -2.20. The fourth-order valence-electron chi connectivity index (χ4n) is 5.12. The Hall–Kier alpha value is -3.54. The number of carbonyl (C=O) groups excluding carboxylic acids is 2. The monoisotopic (exact) mass is 386 g/mol. The number of rotatable bonds is 3. The second kappa shape index (κ2) is 6.24. The summed E-state index contributed by atoms with van der Waals surface area (Å²) in [5, 5.41) is 11.1. The number of nitro groups is 1. The van der Waals surface area contributed by atoms with Crippen LogP contribution in [0.5, 0.6) is 0 Å². The molecular weight excluding hydrogens is 368 g/mol. The molecule has 2 amide bonds. The van der Waals surface area contributed by atoms with Crippen molar-refractivity contribution in [3.63, 3.8) is 0 Å². The van der Waals surface area contributed by atoms with Gasteiger partial charge in [-0.3, -0.25) is 19.7 Å². The fraction of sp³-hybridized carbons (Fsp3) is 0.217. The van der Waals surface area contributed by atoms with Crippen LogP contribution in [0, 0.1) is 33.8 Å². The summed E-state index contributed by atoms with van der Waals surface area (Å²) < 4.78 is 0. The van der Waals surface area contributed by atoms with Gasteiger partial charge in [0.05, 0.1) is 22.4 Å². The minimum absolute atomic E-state index is 0.106. The molecule has 0 unspecified atom stereocenters. The van der Waals surface area contributed by atoms with Crippen LogP contribution in [0.2, 0.25) is 0 Å². The first kappa shape index (κ1) is 17.6. The van der Waals surface area contributed by atoms with E-state index in [1.54, 1.807) is 6.07 Å². The normalized spacial score (nSPS) is 26.9. The third kappa shape index (κ3) is 2.42. The summed E-state index contributed by atoms with van der Waals surface area (Å²) in [6.45, 7) is 2.05. The van der Waals surface area contributed by atoms with Gasteiger partial charge in [0.1, 0.15) is 0 Å². The minimum Gasteiger partial charge on any atom is -0.274 e. The van der Waals surface area contributed by atoms with Gasteiger partial charge in [-0.15, -0.1) is 0 Å². The lowest BCUT2D eigenvalue weighted by molar-refractivity contribution is -0.384. The maximum absolute atomic E-state index is 13.3. The number of carbonyl (C=O) groups is 2. The molecule has 0 N–H and O–H groups in total. The zero-order valence-corrected chi connectivity index (χ0v) is 15.7. The molecule has 0 aromatic heterocycles. The average molecular weight is 386 g/mol. The van der Waals surface area contributed by atoms with Crippen molar-refractivity contribution in [2.45, 2.75) is 6.92 Å². The number of non-ortho nitro benzene ring substituents is 1. The highest BCUT2D eigenvalue weighted by atomic mass is 16.6. The molecule has 29 heavy (non-hydrogen) atoms. The van der Waals surface area contributed by atoms with E-state index in [4.69, 9.17) is 0 Å². The molecule has 2 aromatic rings. The number of imide groups is 1. The number of nitro benzene ring substituents is 1. The predicted molar refractivity (Wildman–Crippen MR) is 108 cm³/mol. The molecule has 6 heteroatoms. The van der Waals surface area contributed by atoms with Gasteiger partial charge in [0, 0.05) is 24.0 Å². The highest BCUT2D eigenvalue weighted by molar-refractivity contribution is 6.23. The summed E-state index contributed by atoms with van der Waals surface area (Å²) in [6, 6.07) is 15.7. The van der Waals surface area contributed by atoms with Crippen LogP contribution in [0.4, 0.5) is 11.4 Å². The Labute approximate surface area is 167 Å². The molecule has 144 valence electrons. The molecule has 4 atom stereocenters. The molecule has 1 aliphatic heterocycles. The number of fused-ring (bicyclic) bond motifs is 5. The van der Waals surface area contributed by atoms with E-state index in [1.807, 2.05) is 49.4 Å². The summed E-state index contributed by atoms with van der Waals surface area (Å²) in [7, 11) is 0. The predicted octanol–water partition coefficient (Wildman–Crippen LogP) is 3.99. The smallest absolute Gasteiger partial charge is 0.271 e. The molecular formula is C23H18N2O4. The topological polar surface area (TPSA) is 80.5 Å². The molecule has 3 aliphatic rings. The molecule has 2 bridgehead atoms. The van der Waals surface area contributed by atoms with Crippen LogP contribution < -0.4 is 4.90 Å². The molecule has 0 spiro atoms. The maximum atomic E-state index is 13.3. The van der Waals surface area contributed by atoms with Gasteiger partial charge < -0.3 is 0 Å². The van der Waals surface area contributed by atoms with Crippen molar-refractivity contribution in [1.29, 1.82) is 0 Å². The van der Waals surface area contributed by atoms with E-state index in [-0.39, 0.29) is 35.0 Å². The van der Waals surface area contributed by atoms with Crippen molar-refractivity contribution >= 4 is 28.8 Å². The Morgan fingerprint density at radius 1 is 0.931 bits per heavy atom. The van der Waals surface area contributed by atoms with Gasteiger partial charge in [-0.25, -0.2) is 4.90 Å². The zero-order chi connectivity index (χ0) is 20.3. The van der Waals surface area contributed by atoms with Gasteiger partial charge in [0.15, 0.2) is 0 Å². The summed E-state index contributed by atoms with van der Waals surface area (Å²) in [6.07, 6.45) is 4.07. The largest absolute Gasteiger partial charge is 0.274 e. The molecule has 6 nitrogen and oxygen atoms in total.